The zero-order chi connectivity index (χ0) is 9.82. The quantitative estimate of drug-likeness (QED) is 0.483. The molecule has 0 spiro atoms. The maximum absolute atomic E-state index is 3.70. The van der Waals surface area contributed by atoms with Crippen LogP contribution in [0, 0.1) is 13.8 Å². The molecule has 0 aliphatic rings. The van der Waals surface area contributed by atoms with Crippen LogP contribution >= 0.6 is 11.3 Å². The summed E-state index contributed by atoms with van der Waals surface area (Å²) in [5.41, 5.74) is 0. The summed E-state index contributed by atoms with van der Waals surface area (Å²) in [4.78, 5) is 0. The Morgan fingerprint density at radius 2 is 1.69 bits per heavy atom. The first-order chi connectivity index (χ1) is 5.72. The Kier molecular flexibility index (Phi) is 26.4. The average molecular weight is 240 g/mol. The summed E-state index contributed by atoms with van der Waals surface area (Å²) in [6.45, 7) is 11.0. The molecule has 1 rings (SSSR count). The van der Waals surface area contributed by atoms with Crippen molar-refractivity contribution in [2.45, 2.75) is 26.7 Å². The minimum Gasteiger partial charge on any atom is -0.344 e. The molecule has 0 N–H and O–H groups in total. The zero-order valence-corrected chi connectivity index (χ0v) is 10.3. The topological polar surface area (TPSA) is 0 Å². The van der Waals surface area contributed by atoms with E-state index in [2.05, 4.69) is 21.7 Å². The number of hydrogen-bond donors (Lipinski definition) is 0. The van der Waals surface area contributed by atoms with Crippen molar-refractivity contribution in [3.8, 4) is 0 Å². The molecule has 0 saturated carbocycles. The summed E-state index contributed by atoms with van der Waals surface area (Å²) < 4.78 is 1.13. The molecule has 1 heterocycles. The van der Waals surface area contributed by atoms with Gasteiger partial charge in [0.2, 0.25) is 0 Å². The normalized spacial score (nSPS) is 6.77. The third kappa shape index (κ3) is 24.5. The summed E-state index contributed by atoms with van der Waals surface area (Å²) >= 11 is 1.67. The number of hydrogen-bond acceptors (Lipinski definition) is 1. The molecule has 0 aliphatic carbocycles. The van der Waals surface area contributed by atoms with Crippen molar-refractivity contribution in [1.82, 2.24) is 0 Å². The van der Waals surface area contributed by atoms with Crippen LogP contribution in [0.4, 0.5) is 0 Å². The maximum Gasteiger partial charge on any atom is 2.00 e. The van der Waals surface area contributed by atoms with Crippen LogP contribution in [0.2, 0.25) is 0 Å². The van der Waals surface area contributed by atoms with E-state index < -0.39 is 0 Å². The number of thiophene rings is 1. The van der Waals surface area contributed by atoms with Gasteiger partial charge < -0.3 is 13.8 Å². The van der Waals surface area contributed by atoms with Crippen LogP contribution in [0.15, 0.2) is 17.5 Å². The van der Waals surface area contributed by atoms with Gasteiger partial charge in [-0.15, -0.1) is 0 Å². The van der Waals surface area contributed by atoms with E-state index in [1.165, 1.54) is 0 Å². The molecule has 0 aromatic carbocycles. The smallest absolute Gasteiger partial charge is 0.344 e. The fraction of sp³-hybridized carbons (Fsp3) is 0.400. The fourth-order valence-corrected chi connectivity index (χ4v) is 0.802. The van der Waals surface area contributed by atoms with Crippen molar-refractivity contribution in [1.29, 1.82) is 0 Å². The third-order valence-electron chi connectivity index (χ3n) is 0.580. The molecule has 1 radical (unpaired) electrons. The molecule has 0 saturated heterocycles. The van der Waals surface area contributed by atoms with E-state index in [4.69, 9.17) is 0 Å². The van der Waals surface area contributed by atoms with Crippen LogP contribution in [0.5, 0.6) is 0 Å². The van der Waals surface area contributed by atoms with E-state index >= 15 is 0 Å². The van der Waals surface area contributed by atoms with Crippen molar-refractivity contribution in [3.05, 3.63) is 31.4 Å². The van der Waals surface area contributed by atoms with Gasteiger partial charge in [0.1, 0.15) is 7.85 Å². The van der Waals surface area contributed by atoms with Crippen LogP contribution in [0.1, 0.15) is 26.7 Å². The molecule has 0 fully saturated rings. The summed E-state index contributed by atoms with van der Waals surface area (Å²) in [5.74, 6) is 0. The third-order valence-corrected chi connectivity index (χ3v) is 1.31. The van der Waals surface area contributed by atoms with E-state index in [1.54, 1.807) is 11.3 Å². The van der Waals surface area contributed by atoms with Gasteiger partial charge in [0.15, 0.2) is 0 Å². The largest absolute Gasteiger partial charge is 2.00 e. The van der Waals surface area contributed by atoms with Crippen molar-refractivity contribution >= 4 is 24.0 Å². The minimum absolute atomic E-state index is 0. The molecule has 0 amide bonds. The molecule has 0 unspecified atom stereocenters. The number of rotatable bonds is 0. The molecule has 3 heteroatoms. The predicted octanol–water partition coefficient (Wildman–Crippen LogP) is 2.73. The first-order valence-corrected chi connectivity index (χ1v) is 5.04. The van der Waals surface area contributed by atoms with E-state index in [9.17, 15) is 0 Å². The predicted molar refractivity (Wildman–Crippen MR) is 62.4 cm³/mol. The summed E-state index contributed by atoms with van der Waals surface area (Å²) in [6.07, 6.45) is 2.00. The van der Waals surface area contributed by atoms with E-state index in [0.717, 1.165) is 17.6 Å². The SMILES string of the molecule is [BH]c1cccs1.[CH2-]CC.[CH2-]CC.[Ni+2]. The molecule has 13 heavy (non-hydrogen) atoms. The van der Waals surface area contributed by atoms with Crippen LogP contribution in [0.3, 0.4) is 0 Å². The van der Waals surface area contributed by atoms with Gasteiger partial charge in [-0.25, -0.2) is 0 Å². The Balaban J connectivity index is -0.000000126. The molecule has 1 aromatic heterocycles. The maximum atomic E-state index is 3.70. The summed E-state index contributed by atoms with van der Waals surface area (Å²) in [7, 11) is 3.70. The first kappa shape index (κ1) is 18.9. The fourth-order valence-electron chi connectivity index (χ4n) is 0.313. The van der Waals surface area contributed by atoms with Gasteiger partial charge in [0, 0.05) is 0 Å². The van der Waals surface area contributed by atoms with Crippen molar-refractivity contribution < 1.29 is 16.5 Å². The Morgan fingerprint density at radius 1 is 1.31 bits per heavy atom. The molecular formula is C10H18BNiS. The molecule has 1 aromatic rings. The van der Waals surface area contributed by atoms with Gasteiger partial charge in [0.25, 0.3) is 0 Å². The Hall–Kier alpha value is 0.258. The van der Waals surface area contributed by atoms with Crippen LogP contribution in [-0.2, 0) is 16.5 Å². The second-order valence-corrected chi connectivity index (χ2v) is 3.11. The van der Waals surface area contributed by atoms with Gasteiger partial charge in [-0.3, -0.25) is 0 Å². The van der Waals surface area contributed by atoms with Gasteiger partial charge in [-0.2, -0.15) is 24.2 Å². The van der Waals surface area contributed by atoms with E-state index in [0.29, 0.717) is 0 Å². The van der Waals surface area contributed by atoms with Gasteiger partial charge in [-0.1, -0.05) is 26.0 Å². The van der Waals surface area contributed by atoms with E-state index in [1.807, 2.05) is 31.4 Å². The minimum atomic E-state index is 0. The summed E-state index contributed by atoms with van der Waals surface area (Å²) in [5, 5.41) is 2.02. The molecule has 0 atom stereocenters. The van der Waals surface area contributed by atoms with Crippen LogP contribution < -0.4 is 4.78 Å². The second kappa shape index (κ2) is 18.1. The first-order valence-electron chi connectivity index (χ1n) is 4.16. The molecule has 0 aliphatic heterocycles. The molecule has 0 bridgehead atoms. The van der Waals surface area contributed by atoms with Crippen molar-refractivity contribution in [3.63, 3.8) is 0 Å². The Bertz CT molecular complexity index is 139. The molecule has 0 nitrogen and oxygen atoms in total. The average Bonchev–Trinajstić information content (AvgIpc) is 2.43. The Morgan fingerprint density at radius 3 is 1.77 bits per heavy atom. The van der Waals surface area contributed by atoms with Gasteiger partial charge in [-0.05, 0) is 10.2 Å². The second-order valence-electron chi connectivity index (χ2n) is 2.08. The summed E-state index contributed by atoms with van der Waals surface area (Å²) in [6, 6.07) is 3.98. The van der Waals surface area contributed by atoms with Crippen molar-refractivity contribution in [2.24, 2.45) is 0 Å². The zero-order valence-electron chi connectivity index (χ0n) is 8.49. The molecule has 77 valence electrons. The standard InChI is InChI=1S/C4H4BS.2C3H7.Ni/c5-4-2-1-3-6-4;2*1-3-2;/h1-3,5H;2*1,3H2,2H3;/q;2*-1;+2. The Labute approximate surface area is 98.5 Å². The van der Waals surface area contributed by atoms with Gasteiger partial charge in [0.05, 0.1) is 0 Å². The van der Waals surface area contributed by atoms with Crippen molar-refractivity contribution in [2.75, 3.05) is 0 Å². The van der Waals surface area contributed by atoms with E-state index in [-0.39, 0.29) is 16.5 Å². The van der Waals surface area contributed by atoms with Crippen LogP contribution in [0.25, 0.3) is 0 Å². The van der Waals surface area contributed by atoms with Crippen LogP contribution in [-0.4, -0.2) is 7.85 Å². The van der Waals surface area contributed by atoms with Gasteiger partial charge >= 0.3 is 16.5 Å². The monoisotopic (exact) mass is 239 g/mol. The molecular weight excluding hydrogens is 222 g/mol.